The molecule has 5 heteroatoms. The first-order chi connectivity index (χ1) is 11.6. The molecule has 0 aromatic heterocycles. The summed E-state index contributed by atoms with van der Waals surface area (Å²) >= 11 is 0. The van der Waals surface area contributed by atoms with Crippen LogP contribution in [0, 0.1) is 0 Å². The van der Waals surface area contributed by atoms with Crippen LogP contribution in [0.25, 0.3) is 6.08 Å². The first kappa shape index (κ1) is 17.4. The van der Waals surface area contributed by atoms with Gasteiger partial charge in [-0.05, 0) is 49.8 Å². The van der Waals surface area contributed by atoms with Crippen molar-refractivity contribution in [1.82, 2.24) is 0 Å². The van der Waals surface area contributed by atoms with Crippen molar-refractivity contribution < 1.29 is 19.4 Å². The fraction of sp³-hybridized carbons (Fsp3) is 0.211. The summed E-state index contributed by atoms with van der Waals surface area (Å²) < 4.78 is 11.1. The Morgan fingerprint density at radius 2 is 1.83 bits per heavy atom. The molecule has 0 radical (unpaired) electrons. The van der Waals surface area contributed by atoms with Crippen LogP contribution < -0.4 is 14.8 Å². The third kappa shape index (κ3) is 5.05. The molecule has 5 nitrogen and oxygen atoms in total. The van der Waals surface area contributed by atoms with Crippen LogP contribution in [0.5, 0.6) is 17.2 Å². The molecule has 0 aliphatic carbocycles. The SMILES string of the molecule is CCOc1ccc(/C=C/C(=O)Nc2cccc(O)c2)cc1OCC. The predicted octanol–water partition coefficient (Wildman–Crippen LogP) is 3.84. The largest absolute Gasteiger partial charge is 0.508 e. The number of phenols is 1. The van der Waals surface area contributed by atoms with Crippen molar-refractivity contribution >= 4 is 17.7 Å². The number of hydrogen-bond donors (Lipinski definition) is 2. The van der Waals surface area contributed by atoms with Crippen molar-refractivity contribution in [3.8, 4) is 17.2 Å². The molecule has 0 heterocycles. The van der Waals surface area contributed by atoms with E-state index in [9.17, 15) is 9.90 Å². The number of rotatable bonds is 7. The number of phenolic OH excluding ortho intramolecular Hbond substituents is 1. The summed E-state index contributed by atoms with van der Waals surface area (Å²) in [6.45, 7) is 4.91. The minimum atomic E-state index is -0.285. The minimum Gasteiger partial charge on any atom is -0.508 e. The Bertz CT molecular complexity index is 725. The molecular weight excluding hydrogens is 306 g/mol. The van der Waals surface area contributed by atoms with E-state index in [1.54, 1.807) is 24.3 Å². The highest BCUT2D eigenvalue weighted by atomic mass is 16.5. The summed E-state index contributed by atoms with van der Waals surface area (Å²) in [4.78, 5) is 11.9. The summed E-state index contributed by atoms with van der Waals surface area (Å²) in [7, 11) is 0. The second-order valence-electron chi connectivity index (χ2n) is 4.95. The zero-order valence-electron chi connectivity index (χ0n) is 13.8. The number of carbonyl (C=O) groups excluding carboxylic acids is 1. The van der Waals surface area contributed by atoms with Crippen LogP contribution in [0.4, 0.5) is 5.69 Å². The first-order valence-corrected chi connectivity index (χ1v) is 7.80. The first-order valence-electron chi connectivity index (χ1n) is 7.80. The van der Waals surface area contributed by atoms with E-state index in [1.807, 2.05) is 32.0 Å². The third-order valence-electron chi connectivity index (χ3n) is 3.11. The fourth-order valence-corrected chi connectivity index (χ4v) is 2.11. The number of ether oxygens (including phenoxy) is 2. The van der Waals surface area contributed by atoms with Gasteiger partial charge in [0.1, 0.15) is 5.75 Å². The van der Waals surface area contributed by atoms with Crippen molar-refractivity contribution in [3.05, 3.63) is 54.1 Å². The van der Waals surface area contributed by atoms with E-state index in [-0.39, 0.29) is 11.7 Å². The average Bonchev–Trinajstić information content (AvgIpc) is 2.55. The molecule has 0 aliphatic heterocycles. The van der Waals surface area contributed by atoms with Crippen LogP contribution in [-0.4, -0.2) is 24.2 Å². The molecule has 0 bridgehead atoms. The third-order valence-corrected chi connectivity index (χ3v) is 3.11. The molecule has 0 unspecified atom stereocenters. The molecule has 24 heavy (non-hydrogen) atoms. The molecule has 0 aliphatic rings. The maximum Gasteiger partial charge on any atom is 0.248 e. The van der Waals surface area contributed by atoms with Crippen LogP contribution in [0.2, 0.25) is 0 Å². The van der Waals surface area contributed by atoms with Gasteiger partial charge in [-0.25, -0.2) is 0 Å². The Morgan fingerprint density at radius 1 is 1.08 bits per heavy atom. The lowest BCUT2D eigenvalue weighted by Gasteiger charge is -2.11. The van der Waals surface area contributed by atoms with Gasteiger partial charge >= 0.3 is 0 Å². The molecule has 0 spiro atoms. The molecule has 0 saturated carbocycles. The molecule has 126 valence electrons. The van der Waals surface area contributed by atoms with E-state index < -0.39 is 0 Å². The van der Waals surface area contributed by atoms with Gasteiger partial charge in [0.05, 0.1) is 13.2 Å². The number of nitrogens with one attached hydrogen (secondary N) is 1. The Labute approximate surface area is 141 Å². The van der Waals surface area contributed by atoms with E-state index in [2.05, 4.69) is 5.32 Å². The summed E-state index contributed by atoms with van der Waals surface area (Å²) in [6, 6.07) is 11.9. The summed E-state index contributed by atoms with van der Waals surface area (Å²) in [5.74, 6) is 1.15. The topological polar surface area (TPSA) is 67.8 Å². The number of hydrogen-bond acceptors (Lipinski definition) is 4. The molecule has 2 aromatic carbocycles. The molecule has 0 saturated heterocycles. The minimum absolute atomic E-state index is 0.102. The molecule has 1 amide bonds. The van der Waals surface area contributed by atoms with E-state index in [0.717, 1.165) is 5.56 Å². The summed E-state index contributed by atoms with van der Waals surface area (Å²) in [6.07, 6.45) is 3.12. The van der Waals surface area contributed by atoms with Gasteiger partial charge in [-0.15, -0.1) is 0 Å². The molecular formula is C19H21NO4. The highest BCUT2D eigenvalue weighted by Crippen LogP contribution is 2.29. The van der Waals surface area contributed by atoms with Gasteiger partial charge in [0.15, 0.2) is 11.5 Å². The van der Waals surface area contributed by atoms with Gasteiger partial charge in [0.2, 0.25) is 5.91 Å². The lowest BCUT2D eigenvalue weighted by molar-refractivity contribution is -0.111. The standard InChI is InChI=1S/C19H21NO4/c1-3-23-17-10-8-14(12-18(17)24-4-2)9-11-19(22)20-15-6-5-7-16(21)13-15/h5-13,21H,3-4H2,1-2H3,(H,20,22)/b11-9+. The number of aromatic hydroxyl groups is 1. The van der Waals surface area contributed by atoms with Crippen LogP contribution >= 0.6 is 0 Å². The fourth-order valence-electron chi connectivity index (χ4n) is 2.11. The average molecular weight is 327 g/mol. The van der Waals surface area contributed by atoms with Crippen LogP contribution in [0.15, 0.2) is 48.5 Å². The molecule has 2 rings (SSSR count). The Morgan fingerprint density at radius 3 is 2.54 bits per heavy atom. The van der Waals surface area contributed by atoms with Crippen molar-refractivity contribution in [2.24, 2.45) is 0 Å². The second-order valence-corrected chi connectivity index (χ2v) is 4.95. The molecule has 0 atom stereocenters. The zero-order valence-corrected chi connectivity index (χ0v) is 13.8. The second kappa shape index (κ2) is 8.62. The zero-order chi connectivity index (χ0) is 17.4. The van der Waals surface area contributed by atoms with Crippen LogP contribution in [0.3, 0.4) is 0 Å². The normalized spacial score (nSPS) is 10.6. The van der Waals surface area contributed by atoms with Gasteiger partial charge in [-0.3, -0.25) is 4.79 Å². The maximum absolute atomic E-state index is 11.9. The van der Waals surface area contributed by atoms with Crippen molar-refractivity contribution in [3.63, 3.8) is 0 Å². The number of carbonyl (C=O) groups is 1. The Hall–Kier alpha value is -2.95. The lowest BCUT2D eigenvalue weighted by Crippen LogP contribution is -2.07. The highest BCUT2D eigenvalue weighted by Gasteiger charge is 2.05. The van der Waals surface area contributed by atoms with Crippen molar-refractivity contribution in [2.75, 3.05) is 18.5 Å². The smallest absolute Gasteiger partial charge is 0.248 e. The number of anilines is 1. The quantitative estimate of drug-likeness (QED) is 0.758. The van der Waals surface area contributed by atoms with Gasteiger partial charge in [-0.2, -0.15) is 0 Å². The predicted molar refractivity (Wildman–Crippen MR) is 94.6 cm³/mol. The number of amides is 1. The lowest BCUT2D eigenvalue weighted by atomic mass is 10.2. The van der Waals surface area contributed by atoms with E-state index in [1.165, 1.54) is 12.1 Å². The van der Waals surface area contributed by atoms with Crippen LogP contribution in [0.1, 0.15) is 19.4 Å². The summed E-state index contributed by atoms with van der Waals surface area (Å²) in [5.41, 5.74) is 1.36. The summed E-state index contributed by atoms with van der Waals surface area (Å²) in [5, 5.41) is 12.1. The maximum atomic E-state index is 11.9. The molecule has 2 aromatic rings. The number of benzene rings is 2. The van der Waals surface area contributed by atoms with Gasteiger partial charge in [0, 0.05) is 17.8 Å². The van der Waals surface area contributed by atoms with Crippen molar-refractivity contribution in [2.45, 2.75) is 13.8 Å². The van der Waals surface area contributed by atoms with E-state index in [4.69, 9.17) is 9.47 Å². The molecule has 0 fully saturated rings. The van der Waals surface area contributed by atoms with Gasteiger partial charge < -0.3 is 19.9 Å². The van der Waals surface area contributed by atoms with E-state index in [0.29, 0.717) is 30.4 Å². The van der Waals surface area contributed by atoms with E-state index >= 15 is 0 Å². The van der Waals surface area contributed by atoms with Gasteiger partial charge in [0.25, 0.3) is 0 Å². The Kier molecular flexibility index (Phi) is 6.25. The highest BCUT2D eigenvalue weighted by molar-refractivity contribution is 6.02. The monoisotopic (exact) mass is 327 g/mol. The van der Waals surface area contributed by atoms with Crippen LogP contribution in [-0.2, 0) is 4.79 Å². The van der Waals surface area contributed by atoms with Crippen molar-refractivity contribution in [1.29, 1.82) is 0 Å². The Balaban J connectivity index is 2.07. The van der Waals surface area contributed by atoms with Gasteiger partial charge in [-0.1, -0.05) is 12.1 Å². The molecule has 2 N–H and O–H groups in total.